The fourth-order valence-electron chi connectivity index (χ4n) is 2.51. The van der Waals surface area contributed by atoms with Gasteiger partial charge in [-0.3, -0.25) is 4.31 Å². The summed E-state index contributed by atoms with van der Waals surface area (Å²) < 4.78 is 30.1. The molecule has 0 unspecified atom stereocenters. The van der Waals surface area contributed by atoms with E-state index in [4.69, 9.17) is 4.74 Å². The monoisotopic (exact) mass is 297 g/mol. The molecule has 0 spiro atoms. The van der Waals surface area contributed by atoms with Crippen molar-refractivity contribution in [2.75, 3.05) is 17.2 Å². The number of benzene rings is 1. The lowest BCUT2D eigenvalue weighted by Gasteiger charge is -2.21. The SMILES string of the molecule is CCCOC(=O)c1ccc2c(c1)C[C@@H](C)N2S(C)(=O)=O. The summed E-state index contributed by atoms with van der Waals surface area (Å²) in [5.41, 5.74) is 2.00. The van der Waals surface area contributed by atoms with Gasteiger partial charge in [-0.1, -0.05) is 6.92 Å². The first-order chi connectivity index (χ1) is 9.34. The van der Waals surface area contributed by atoms with Crippen molar-refractivity contribution in [2.45, 2.75) is 32.7 Å². The highest BCUT2D eigenvalue weighted by molar-refractivity contribution is 7.92. The highest BCUT2D eigenvalue weighted by atomic mass is 32.2. The van der Waals surface area contributed by atoms with Crippen LogP contribution in [0.5, 0.6) is 0 Å². The average molecular weight is 297 g/mol. The third-order valence-electron chi connectivity index (χ3n) is 3.26. The van der Waals surface area contributed by atoms with Crippen LogP contribution in [0.25, 0.3) is 0 Å². The molecule has 2 rings (SSSR count). The van der Waals surface area contributed by atoms with E-state index >= 15 is 0 Å². The summed E-state index contributed by atoms with van der Waals surface area (Å²) in [5.74, 6) is -0.361. The molecular formula is C14H19NO4S. The predicted molar refractivity (Wildman–Crippen MR) is 77.5 cm³/mol. The largest absolute Gasteiger partial charge is 0.462 e. The molecular weight excluding hydrogens is 278 g/mol. The molecule has 1 heterocycles. The minimum Gasteiger partial charge on any atom is -0.462 e. The summed E-state index contributed by atoms with van der Waals surface area (Å²) in [7, 11) is -3.30. The molecule has 1 aromatic rings. The zero-order valence-corrected chi connectivity index (χ0v) is 12.7. The van der Waals surface area contributed by atoms with Gasteiger partial charge in [-0.25, -0.2) is 13.2 Å². The Kier molecular flexibility index (Phi) is 4.04. The molecule has 0 fully saturated rings. The Morgan fingerprint density at radius 3 is 2.75 bits per heavy atom. The number of esters is 1. The van der Waals surface area contributed by atoms with E-state index in [-0.39, 0.29) is 12.0 Å². The number of hydrogen-bond acceptors (Lipinski definition) is 4. The van der Waals surface area contributed by atoms with E-state index in [0.29, 0.717) is 24.3 Å². The minimum absolute atomic E-state index is 0.123. The van der Waals surface area contributed by atoms with Crippen LogP contribution in [0, 0.1) is 0 Å². The van der Waals surface area contributed by atoms with Crippen molar-refractivity contribution in [1.29, 1.82) is 0 Å². The van der Waals surface area contributed by atoms with Crippen LogP contribution in [0.2, 0.25) is 0 Å². The van der Waals surface area contributed by atoms with Crippen molar-refractivity contribution in [3.8, 4) is 0 Å². The van der Waals surface area contributed by atoms with Crippen LogP contribution in [0.15, 0.2) is 18.2 Å². The highest BCUT2D eigenvalue weighted by Gasteiger charge is 2.32. The zero-order valence-electron chi connectivity index (χ0n) is 11.9. The maximum absolute atomic E-state index is 11.8. The van der Waals surface area contributed by atoms with Crippen molar-refractivity contribution in [3.63, 3.8) is 0 Å². The molecule has 6 heteroatoms. The second-order valence-corrected chi connectivity index (χ2v) is 6.95. The summed E-state index contributed by atoms with van der Waals surface area (Å²) in [6.07, 6.45) is 2.58. The molecule has 0 aromatic heterocycles. The Hall–Kier alpha value is -1.56. The maximum atomic E-state index is 11.8. The second-order valence-electron chi connectivity index (χ2n) is 5.09. The molecule has 1 aliphatic heterocycles. The van der Waals surface area contributed by atoms with Crippen molar-refractivity contribution >= 4 is 21.7 Å². The van der Waals surface area contributed by atoms with E-state index in [1.165, 1.54) is 10.6 Å². The lowest BCUT2D eigenvalue weighted by atomic mass is 10.1. The molecule has 0 N–H and O–H groups in total. The first-order valence-corrected chi connectivity index (χ1v) is 8.49. The van der Waals surface area contributed by atoms with Crippen LogP contribution in [0.1, 0.15) is 36.2 Å². The fourth-order valence-corrected chi connectivity index (χ4v) is 3.78. The molecule has 110 valence electrons. The Morgan fingerprint density at radius 2 is 2.15 bits per heavy atom. The van der Waals surface area contributed by atoms with Gasteiger partial charge in [0.05, 0.1) is 24.1 Å². The number of rotatable bonds is 4. The third-order valence-corrected chi connectivity index (χ3v) is 4.53. The topological polar surface area (TPSA) is 63.7 Å². The highest BCUT2D eigenvalue weighted by Crippen LogP contribution is 2.34. The number of sulfonamides is 1. The number of fused-ring (bicyclic) bond motifs is 1. The van der Waals surface area contributed by atoms with Crippen LogP contribution < -0.4 is 4.31 Å². The minimum atomic E-state index is -3.30. The van der Waals surface area contributed by atoms with Crippen LogP contribution in [-0.2, 0) is 21.2 Å². The molecule has 0 bridgehead atoms. The molecule has 5 nitrogen and oxygen atoms in total. The average Bonchev–Trinajstić information content (AvgIpc) is 2.70. The number of carbonyl (C=O) groups excluding carboxylic acids is 1. The van der Waals surface area contributed by atoms with Crippen molar-refractivity contribution in [2.24, 2.45) is 0 Å². The van der Waals surface area contributed by atoms with Gasteiger partial charge in [-0.05, 0) is 43.5 Å². The van der Waals surface area contributed by atoms with E-state index in [1.807, 2.05) is 13.8 Å². The third kappa shape index (κ3) is 2.80. The summed E-state index contributed by atoms with van der Waals surface area (Å²) in [6.45, 7) is 4.18. The first-order valence-electron chi connectivity index (χ1n) is 6.64. The Morgan fingerprint density at radius 1 is 1.45 bits per heavy atom. The lowest BCUT2D eigenvalue weighted by molar-refractivity contribution is 0.0505. The number of anilines is 1. The predicted octanol–water partition coefficient (Wildman–Crippen LogP) is 1.96. The maximum Gasteiger partial charge on any atom is 0.338 e. The summed E-state index contributed by atoms with van der Waals surface area (Å²) in [6, 6.07) is 4.91. The van der Waals surface area contributed by atoms with Gasteiger partial charge in [-0.2, -0.15) is 0 Å². The van der Waals surface area contributed by atoms with Gasteiger partial charge in [0.15, 0.2) is 0 Å². The van der Waals surface area contributed by atoms with Gasteiger partial charge in [0.25, 0.3) is 0 Å². The summed E-state index contributed by atoms with van der Waals surface area (Å²) in [4.78, 5) is 11.8. The summed E-state index contributed by atoms with van der Waals surface area (Å²) >= 11 is 0. The van der Waals surface area contributed by atoms with E-state index in [2.05, 4.69) is 0 Å². The molecule has 1 atom stereocenters. The van der Waals surface area contributed by atoms with E-state index in [9.17, 15) is 13.2 Å². The molecule has 20 heavy (non-hydrogen) atoms. The molecule has 1 aromatic carbocycles. The molecule has 0 aliphatic carbocycles. The smallest absolute Gasteiger partial charge is 0.338 e. The Balaban J connectivity index is 2.31. The number of hydrogen-bond donors (Lipinski definition) is 0. The fraction of sp³-hybridized carbons (Fsp3) is 0.500. The Labute approximate surface area is 119 Å². The van der Waals surface area contributed by atoms with Crippen LogP contribution in [0.3, 0.4) is 0 Å². The Bertz CT molecular complexity index is 624. The van der Waals surface area contributed by atoms with Gasteiger partial charge in [0, 0.05) is 6.04 Å². The second kappa shape index (κ2) is 5.44. The van der Waals surface area contributed by atoms with Gasteiger partial charge < -0.3 is 4.74 Å². The van der Waals surface area contributed by atoms with Crippen molar-refractivity contribution in [3.05, 3.63) is 29.3 Å². The molecule has 0 radical (unpaired) electrons. The standard InChI is InChI=1S/C14H19NO4S/c1-4-7-19-14(16)11-5-6-13-12(9-11)8-10(2)15(13)20(3,17)18/h5-6,9-10H,4,7-8H2,1-3H3/t10-/m1/s1. The molecule has 0 amide bonds. The number of carbonyl (C=O) groups is 1. The number of ether oxygens (including phenoxy) is 1. The molecule has 0 saturated heterocycles. The normalized spacial score (nSPS) is 17.9. The van der Waals surface area contributed by atoms with Crippen molar-refractivity contribution in [1.82, 2.24) is 0 Å². The number of nitrogens with zero attached hydrogens (tertiary/aromatic N) is 1. The van der Waals surface area contributed by atoms with E-state index in [0.717, 1.165) is 12.0 Å². The quantitative estimate of drug-likeness (QED) is 0.797. The molecule has 1 aliphatic rings. The first kappa shape index (κ1) is 14.8. The van der Waals surface area contributed by atoms with Gasteiger partial charge in [0.1, 0.15) is 0 Å². The van der Waals surface area contributed by atoms with Gasteiger partial charge >= 0.3 is 5.97 Å². The van der Waals surface area contributed by atoms with Crippen LogP contribution >= 0.6 is 0 Å². The van der Waals surface area contributed by atoms with Gasteiger partial charge in [0.2, 0.25) is 10.0 Å². The van der Waals surface area contributed by atoms with Crippen LogP contribution in [-0.4, -0.2) is 33.3 Å². The zero-order chi connectivity index (χ0) is 14.9. The van der Waals surface area contributed by atoms with Crippen LogP contribution in [0.4, 0.5) is 5.69 Å². The van der Waals surface area contributed by atoms with Crippen molar-refractivity contribution < 1.29 is 17.9 Å². The molecule has 0 saturated carbocycles. The van der Waals surface area contributed by atoms with E-state index in [1.54, 1.807) is 18.2 Å². The van der Waals surface area contributed by atoms with E-state index < -0.39 is 10.0 Å². The lowest BCUT2D eigenvalue weighted by Crippen LogP contribution is -2.34. The van der Waals surface area contributed by atoms with Gasteiger partial charge in [-0.15, -0.1) is 0 Å². The summed E-state index contributed by atoms with van der Waals surface area (Å²) in [5, 5.41) is 0.